The zero-order chi connectivity index (χ0) is 9.68. The zero-order valence-electron chi connectivity index (χ0n) is 7.73. The Kier molecular flexibility index (Phi) is 4.28. The van der Waals surface area contributed by atoms with Gasteiger partial charge in [-0.15, -0.1) is 11.8 Å². The highest BCUT2D eigenvalue weighted by molar-refractivity contribution is 7.98. The molecule has 0 spiro atoms. The molecule has 1 rings (SSSR count). The molecule has 0 heterocycles. The van der Waals surface area contributed by atoms with Crippen molar-refractivity contribution in [2.45, 2.75) is 10.8 Å². The second-order valence-electron chi connectivity index (χ2n) is 2.89. The van der Waals surface area contributed by atoms with Gasteiger partial charge < -0.3 is 10.8 Å². The molecule has 0 saturated carbocycles. The van der Waals surface area contributed by atoms with Gasteiger partial charge in [0, 0.05) is 17.4 Å². The Balaban J connectivity index is 2.78. The van der Waals surface area contributed by atoms with E-state index in [2.05, 4.69) is 12.1 Å². The van der Waals surface area contributed by atoms with Crippen LogP contribution in [0.1, 0.15) is 11.5 Å². The van der Waals surface area contributed by atoms with Crippen molar-refractivity contribution in [1.82, 2.24) is 0 Å². The molecule has 72 valence electrons. The van der Waals surface area contributed by atoms with Gasteiger partial charge in [0.1, 0.15) is 0 Å². The largest absolute Gasteiger partial charge is 0.396 e. The molecule has 3 heteroatoms. The predicted molar refractivity (Wildman–Crippen MR) is 57.1 cm³/mol. The van der Waals surface area contributed by atoms with Gasteiger partial charge in [0.05, 0.1) is 6.61 Å². The van der Waals surface area contributed by atoms with Crippen LogP contribution >= 0.6 is 11.8 Å². The van der Waals surface area contributed by atoms with Gasteiger partial charge in [-0.1, -0.05) is 12.1 Å². The lowest BCUT2D eigenvalue weighted by Crippen LogP contribution is -2.15. The monoisotopic (exact) mass is 197 g/mol. The van der Waals surface area contributed by atoms with Gasteiger partial charge in [-0.25, -0.2) is 0 Å². The molecule has 0 amide bonds. The lowest BCUT2D eigenvalue weighted by molar-refractivity contribution is 0.268. The molecular formula is C10H15NOS. The number of hydrogen-bond donors (Lipinski definition) is 2. The molecule has 3 N–H and O–H groups in total. The normalized spacial score (nSPS) is 12.8. The molecule has 13 heavy (non-hydrogen) atoms. The van der Waals surface area contributed by atoms with Crippen molar-refractivity contribution < 1.29 is 5.11 Å². The Hall–Kier alpha value is -0.510. The van der Waals surface area contributed by atoms with E-state index in [0.717, 1.165) is 5.56 Å². The number of hydrogen-bond acceptors (Lipinski definition) is 3. The number of thioether (sulfide) groups is 1. The summed E-state index contributed by atoms with van der Waals surface area (Å²) in [4.78, 5) is 1.23. The van der Waals surface area contributed by atoms with Crippen molar-refractivity contribution in [2.75, 3.05) is 19.4 Å². The third-order valence-corrected chi connectivity index (χ3v) is 2.84. The third kappa shape index (κ3) is 2.72. The average molecular weight is 197 g/mol. The quantitative estimate of drug-likeness (QED) is 0.718. The van der Waals surface area contributed by atoms with Crippen LogP contribution in [0, 0.1) is 0 Å². The first-order valence-electron chi connectivity index (χ1n) is 4.26. The highest BCUT2D eigenvalue weighted by Crippen LogP contribution is 2.19. The highest BCUT2D eigenvalue weighted by atomic mass is 32.2. The van der Waals surface area contributed by atoms with Crippen LogP contribution < -0.4 is 5.73 Å². The summed E-state index contributed by atoms with van der Waals surface area (Å²) < 4.78 is 0. The Morgan fingerprint density at radius 2 is 2.00 bits per heavy atom. The first-order chi connectivity index (χ1) is 6.31. The van der Waals surface area contributed by atoms with Crippen LogP contribution in [0.2, 0.25) is 0 Å². The molecule has 2 nitrogen and oxygen atoms in total. The first-order valence-corrected chi connectivity index (χ1v) is 5.49. The summed E-state index contributed by atoms with van der Waals surface area (Å²) in [6.07, 6.45) is 2.04. The maximum absolute atomic E-state index is 9.02. The molecule has 0 fully saturated rings. The van der Waals surface area contributed by atoms with E-state index in [4.69, 9.17) is 10.8 Å². The summed E-state index contributed by atoms with van der Waals surface area (Å²) in [7, 11) is 0. The fraction of sp³-hybridized carbons (Fsp3) is 0.400. The summed E-state index contributed by atoms with van der Waals surface area (Å²) >= 11 is 1.71. The predicted octanol–water partition coefficient (Wildman–Crippen LogP) is 1.44. The van der Waals surface area contributed by atoms with Crippen molar-refractivity contribution >= 4 is 11.8 Å². The van der Waals surface area contributed by atoms with E-state index < -0.39 is 0 Å². The number of rotatable bonds is 4. The Labute approximate surface area is 83.1 Å². The molecule has 0 saturated heterocycles. The molecule has 1 aromatic rings. The Bertz CT molecular complexity index is 244. The second-order valence-corrected chi connectivity index (χ2v) is 3.77. The van der Waals surface area contributed by atoms with E-state index >= 15 is 0 Å². The summed E-state index contributed by atoms with van der Waals surface area (Å²) in [6, 6.07) is 8.16. The van der Waals surface area contributed by atoms with E-state index in [9.17, 15) is 0 Å². The van der Waals surface area contributed by atoms with Gasteiger partial charge in [0.25, 0.3) is 0 Å². The van der Waals surface area contributed by atoms with Crippen molar-refractivity contribution in [3.05, 3.63) is 29.8 Å². The van der Waals surface area contributed by atoms with Crippen LogP contribution in [-0.4, -0.2) is 24.5 Å². The fourth-order valence-electron chi connectivity index (χ4n) is 1.19. The molecule has 0 aliphatic heterocycles. The SMILES string of the molecule is CSc1ccc(C(CN)CO)cc1. The average Bonchev–Trinajstić information content (AvgIpc) is 2.21. The van der Waals surface area contributed by atoms with Crippen LogP contribution in [0.3, 0.4) is 0 Å². The molecule has 1 unspecified atom stereocenters. The minimum Gasteiger partial charge on any atom is -0.396 e. The topological polar surface area (TPSA) is 46.2 Å². The lowest BCUT2D eigenvalue weighted by Gasteiger charge is -2.11. The number of nitrogens with two attached hydrogens (primary N) is 1. The molecule has 0 aliphatic carbocycles. The molecule has 0 aromatic heterocycles. The smallest absolute Gasteiger partial charge is 0.0511 e. The maximum atomic E-state index is 9.02. The minimum absolute atomic E-state index is 0.0795. The van der Waals surface area contributed by atoms with Gasteiger partial charge in [-0.2, -0.15) is 0 Å². The number of aliphatic hydroxyl groups is 1. The van der Waals surface area contributed by atoms with Crippen LogP contribution in [0.25, 0.3) is 0 Å². The van der Waals surface area contributed by atoms with Crippen LogP contribution in [0.4, 0.5) is 0 Å². The summed E-state index contributed by atoms with van der Waals surface area (Å²) in [5.41, 5.74) is 6.63. The van der Waals surface area contributed by atoms with E-state index in [0.29, 0.717) is 6.54 Å². The van der Waals surface area contributed by atoms with Gasteiger partial charge in [0.15, 0.2) is 0 Å². The second kappa shape index (κ2) is 5.27. The standard InChI is InChI=1S/C10H15NOS/c1-13-10-4-2-8(3-5-10)9(6-11)7-12/h2-5,9,12H,6-7,11H2,1H3. The van der Waals surface area contributed by atoms with Crippen LogP contribution in [0.15, 0.2) is 29.2 Å². The molecule has 0 radical (unpaired) electrons. The minimum atomic E-state index is 0.0795. The summed E-state index contributed by atoms with van der Waals surface area (Å²) in [6.45, 7) is 0.615. The molecular weight excluding hydrogens is 182 g/mol. The Morgan fingerprint density at radius 3 is 2.38 bits per heavy atom. The summed E-state index contributed by atoms with van der Waals surface area (Å²) in [5.74, 6) is 0.0795. The van der Waals surface area contributed by atoms with Crippen LogP contribution in [0.5, 0.6) is 0 Å². The van der Waals surface area contributed by atoms with Crippen molar-refractivity contribution in [2.24, 2.45) is 5.73 Å². The molecule has 0 bridgehead atoms. The molecule has 1 aromatic carbocycles. The zero-order valence-corrected chi connectivity index (χ0v) is 8.55. The molecule has 0 aliphatic rings. The van der Waals surface area contributed by atoms with E-state index in [1.165, 1.54) is 4.90 Å². The molecule has 1 atom stereocenters. The van der Waals surface area contributed by atoms with E-state index in [-0.39, 0.29) is 12.5 Å². The van der Waals surface area contributed by atoms with Gasteiger partial charge >= 0.3 is 0 Å². The third-order valence-electron chi connectivity index (χ3n) is 2.09. The van der Waals surface area contributed by atoms with Crippen molar-refractivity contribution in [1.29, 1.82) is 0 Å². The van der Waals surface area contributed by atoms with Crippen LogP contribution in [-0.2, 0) is 0 Å². The lowest BCUT2D eigenvalue weighted by atomic mass is 10.0. The van der Waals surface area contributed by atoms with Crippen molar-refractivity contribution in [3.63, 3.8) is 0 Å². The fourth-order valence-corrected chi connectivity index (χ4v) is 1.60. The summed E-state index contributed by atoms with van der Waals surface area (Å²) in [5, 5.41) is 9.02. The van der Waals surface area contributed by atoms with Gasteiger partial charge in [-0.3, -0.25) is 0 Å². The first kappa shape index (κ1) is 10.6. The van der Waals surface area contributed by atoms with E-state index in [1.54, 1.807) is 11.8 Å². The Morgan fingerprint density at radius 1 is 1.38 bits per heavy atom. The van der Waals surface area contributed by atoms with Crippen molar-refractivity contribution in [3.8, 4) is 0 Å². The van der Waals surface area contributed by atoms with Gasteiger partial charge in [-0.05, 0) is 24.0 Å². The maximum Gasteiger partial charge on any atom is 0.0511 e. The van der Waals surface area contributed by atoms with E-state index in [1.807, 2.05) is 18.4 Å². The number of aliphatic hydroxyl groups excluding tert-OH is 1. The highest BCUT2D eigenvalue weighted by Gasteiger charge is 2.06. The number of benzene rings is 1. The van der Waals surface area contributed by atoms with Gasteiger partial charge in [0.2, 0.25) is 0 Å².